The number of benzene rings is 2. The number of hydrogen-bond acceptors (Lipinski definition) is 2. The summed E-state index contributed by atoms with van der Waals surface area (Å²) < 4.78 is -0.641. The molecule has 22 heavy (non-hydrogen) atoms. The van der Waals surface area contributed by atoms with Crippen LogP contribution in [0.15, 0.2) is 36.5 Å². The molecule has 1 heterocycles. The molecule has 0 bridgehead atoms. The first-order chi connectivity index (χ1) is 10.5. The molecule has 0 saturated heterocycles. The number of nitrogens with one attached hydrogen (secondary N) is 2. The lowest BCUT2D eigenvalue weighted by Crippen LogP contribution is -2.40. The third-order valence-corrected chi connectivity index (χ3v) is 7.20. The van der Waals surface area contributed by atoms with Crippen molar-refractivity contribution in [1.29, 1.82) is 0 Å². The molecule has 3 nitrogen and oxygen atoms in total. The minimum atomic E-state index is -0.641. The van der Waals surface area contributed by atoms with E-state index in [9.17, 15) is 4.79 Å². The predicted molar refractivity (Wildman–Crippen MR) is 101 cm³/mol. The first-order valence-corrected chi connectivity index (χ1v) is 9.74. The van der Waals surface area contributed by atoms with Crippen LogP contribution in [0, 0.1) is 0 Å². The average molecular weight is 438 g/mol. The van der Waals surface area contributed by atoms with Crippen molar-refractivity contribution < 1.29 is 4.79 Å². The number of rotatable bonds is 3. The molecule has 1 unspecified atom stereocenters. The van der Waals surface area contributed by atoms with Crippen LogP contribution in [0.2, 0.25) is 0 Å². The maximum atomic E-state index is 12.6. The van der Waals surface area contributed by atoms with E-state index >= 15 is 0 Å². The van der Waals surface area contributed by atoms with Gasteiger partial charge in [0.05, 0.1) is 0 Å². The van der Waals surface area contributed by atoms with Crippen molar-refractivity contribution in [3.05, 3.63) is 42.1 Å². The van der Waals surface area contributed by atoms with E-state index in [1.165, 1.54) is 0 Å². The molecule has 3 rings (SSSR count). The largest absolute Gasteiger partial charge is 0.414 e. The van der Waals surface area contributed by atoms with Crippen LogP contribution in [0.5, 0.6) is 0 Å². The molecule has 0 spiro atoms. The summed E-state index contributed by atoms with van der Waals surface area (Å²) in [6.07, 6.45) is 4.00. The zero-order chi connectivity index (χ0) is 15.7. The molecule has 2 radical (unpaired) electrons. The predicted octanol–water partition coefficient (Wildman–Crippen LogP) is 3.15. The van der Waals surface area contributed by atoms with Gasteiger partial charge in [0.1, 0.15) is 4.32 Å². The van der Waals surface area contributed by atoms with Gasteiger partial charge in [-0.2, -0.15) is 0 Å². The van der Waals surface area contributed by atoms with E-state index in [0.29, 0.717) is 15.0 Å². The van der Waals surface area contributed by atoms with Gasteiger partial charge in [0.15, 0.2) is 0 Å². The van der Waals surface area contributed by atoms with Crippen molar-refractivity contribution in [2.24, 2.45) is 0 Å². The number of fused-ring (bicyclic) bond motifs is 2. The fourth-order valence-electron chi connectivity index (χ4n) is 2.32. The van der Waals surface area contributed by atoms with Crippen LogP contribution in [0.25, 0.3) is 16.8 Å². The van der Waals surface area contributed by atoms with Crippen molar-refractivity contribution in [2.45, 2.75) is 11.2 Å². The SMILES string of the molecule is CC(Br)(CBr)C(=O)Nc1c2c(cc3ccccc13)C=CN[Si]2. The number of alkyl halides is 2. The van der Waals surface area contributed by atoms with Gasteiger partial charge in [-0.1, -0.05) is 56.1 Å². The number of anilines is 1. The average Bonchev–Trinajstić information content (AvgIpc) is 2.54. The lowest BCUT2D eigenvalue weighted by Gasteiger charge is -2.23. The second kappa shape index (κ2) is 6.18. The topological polar surface area (TPSA) is 41.1 Å². The minimum Gasteiger partial charge on any atom is -0.414 e. The van der Waals surface area contributed by atoms with Crippen LogP contribution >= 0.6 is 31.9 Å². The first kappa shape index (κ1) is 15.8. The minimum absolute atomic E-state index is 0.0534. The Bertz CT molecular complexity index is 774. The highest BCUT2D eigenvalue weighted by molar-refractivity contribution is 9.12. The third-order valence-electron chi connectivity index (χ3n) is 3.59. The maximum absolute atomic E-state index is 12.6. The van der Waals surface area contributed by atoms with Gasteiger partial charge in [-0.3, -0.25) is 4.79 Å². The van der Waals surface area contributed by atoms with Crippen LogP contribution < -0.4 is 15.5 Å². The van der Waals surface area contributed by atoms with Gasteiger partial charge in [0, 0.05) is 16.4 Å². The summed E-state index contributed by atoms with van der Waals surface area (Å²) in [6.45, 7) is 1.86. The highest BCUT2D eigenvalue weighted by Gasteiger charge is 2.30. The summed E-state index contributed by atoms with van der Waals surface area (Å²) >= 11 is 6.86. The molecule has 1 aliphatic heterocycles. The molecule has 0 saturated carbocycles. The zero-order valence-electron chi connectivity index (χ0n) is 11.9. The smallest absolute Gasteiger partial charge is 0.241 e. The normalized spacial score (nSPS) is 15.8. The maximum Gasteiger partial charge on any atom is 0.241 e. The number of halogens is 2. The lowest BCUT2D eigenvalue weighted by atomic mass is 10.0. The lowest BCUT2D eigenvalue weighted by molar-refractivity contribution is -0.117. The molecular formula is C16H14Br2N2OSi. The Hall–Kier alpha value is -1.11. The Morgan fingerprint density at radius 1 is 1.41 bits per heavy atom. The van der Waals surface area contributed by atoms with E-state index in [0.717, 1.165) is 27.2 Å². The number of carbonyl (C=O) groups is 1. The standard InChI is InChI=1S/C16H14Br2N2OSi/c1-16(18,9-17)15(21)20-13-12-5-3-2-4-10(12)8-11-6-7-19-22-14(11)13/h2-8,19H,9H2,1H3,(H,20,21). The Labute approximate surface area is 148 Å². The molecule has 0 fully saturated rings. The molecule has 0 aromatic heterocycles. The van der Waals surface area contributed by atoms with Crippen molar-refractivity contribution in [3.63, 3.8) is 0 Å². The Kier molecular flexibility index (Phi) is 4.43. The summed E-state index contributed by atoms with van der Waals surface area (Å²) in [5.41, 5.74) is 2.06. The Morgan fingerprint density at radius 3 is 2.95 bits per heavy atom. The van der Waals surface area contributed by atoms with Gasteiger partial charge in [0.25, 0.3) is 0 Å². The van der Waals surface area contributed by atoms with Crippen molar-refractivity contribution in [1.82, 2.24) is 4.98 Å². The van der Waals surface area contributed by atoms with Gasteiger partial charge in [-0.25, -0.2) is 0 Å². The van der Waals surface area contributed by atoms with Crippen molar-refractivity contribution in [3.8, 4) is 0 Å². The van der Waals surface area contributed by atoms with Crippen LogP contribution in [-0.4, -0.2) is 25.2 Å². The number of hydrogen-bond donors (Lipinski definition) is 2. The second-order valence-corrected chi connectivity index (χ2v) is 8.67. The van der Waals surface area contributed by atoms with E-state index in [4.69, 9.17) is 0 Å². The van der Waals surface area contributed by atoms with Crippen LogP contribution in [-0.2, 0) is 4.79 Å². The summed E-state index contributed by atoms with van der Waals surface area (Å²) in [7, 11) is 0.440. The molecule has 6 heteroatoms. The first-order valence-electron chi connectivity index (χ1n) is 6.83. The zero-order valence-corrected chi connectivity index (χ0v) is 16.1. The molecule has 2 N–H and O–H groups in total. The van der Waals surface area contributed by atoms with Gasteiger partial charge < -0.3 is 10.3 Å². The molecule has 1 aliphatic rings. The van der Waals surface area contributed by atoms with Gasteiger partial charge in [0.2, 0.25) is 15.6 Å². The molecular weight excluding hydrogens is 424 g/mol. The number of carbonyl (C=O) groups excluding carboxylic acids is 1. The Balaban J connectivity index is 2.15. The molecule has 1 atom stereocenters. The summed E-state index contributed by atoms with van der Waals surface area (Å²) in [4.78, 5) is 15.8. The molecule has 2 aromatic rings. The van der Waals surface area contributed by atoms with E-state index in [-0.39, 0.29) is 5.91 Å². The van der Waals surface area contributed by atoms with Gasteiger partial charge in [-0.15, -0.1) is 0 Å². The van der Waals surface area contributed by atoms with Gasteiger partial charge >= 0.3 is 0 Å². The molecule has 112 valence electrons. The molecule has 2 aromatic carbocycles. The monoisotopic (exact) mass is 436 g/mol. The van der Waals surface area contributed by atoms with Crippen molar-refractivity contribution in [2.75, 3.05) is 10.6 Å². The van der Waals surface area contributed by atoms with Gasteiger partial charge in [-0.05, 0) is 41.4 Å². The molecule has 0 aliphatic carbocycles. The Morgan fingerprint density at radius 2 is 2.18 bits per heavy atom. The second-order valence-electron chi connectivity index (χ2n) is 5.32. The summed E-state index contributed by atoms with van der Waals surface area (Å²) in [6, 6.07) is 10.3. The van der Waals surface area contributed by atoms with Crippen LogP contribution in [0.4, 0.5) is 5.69 Å². The van der Waals surface area contributed by atoms with E-state index in [1.807, 2.05) is 37.4 Å². The van der Waals surface area contributed by atoms with E-state index < -0.39 is 4.32 Å². The highest BCUT2D eigenvalue weighted by atomic mass is 79.9. The fraction of sp³-hybridized carbons (Fsp3) is 0.188. The quantitative estimate of drug-likeness (QED) is 0.572. The third kappa shape index (κ3) is 2.87. The fourth-order valence-corrected chi connectivity index (χ4v) is 3.60. The summed E-state index contributed by atoms with van der Waals surface area (Å²) in [5, 5.41) is 7.00. The molecule has 1 amide bonds. The summed E-state index contributed by atoms with van der Waals surface area (Å²) in [5.74, 6) is -0.0534. The van der Waals surface area contributed by atoms with Crippen LogP contribution in [0.1, 0.15) is 12.5 Å². The van der Waals surface area contributed by atoms with E-state index in [1.54, 1.807) is 0 Å². The van der Waals surface area contributed by atoms with Crippen LogP contribution in [0.3, 0.4) is 0 Å². The van der Waals surface area contributed by atoms with Crippen molar-refractivity contribution >= 4 is 75.2 Å². The number of amides is 1. The van der Waals surface area contributed by atoms with E-state index in [2.05, 4.69) is 54.3 Å². The highest BCUT2D eigenvalue weighted by Crippen LogP contribution is 2.28.